The van der Waals surface area contributed by atoms with Crippen molar-refractivity contribution in [1.82, 2.24) is 10.0 Å². The van der Waals surface area contributed by atoms with Crippen molar-refractivity contribution in [2.45, 2.75) is 62.8 Å². The van der Waals surface area contributed by atoms with E-state index in [1.54, 1.807) is 0 Å². The molecule has 2 fully saturated rings. The molecule has 0 aromatic rings. The topological polar surface area (TPSA) is 58.2 Å². The fourth-order valence-corrected chi connectivity index (χ4v) is 6.02. The van der Waals surface area contributed by atoms with Crippen LogP contribution in [0, 0.1) is 0 Å². The summed E-state index contributed by atoms with van der Waals surface area (Å²) in [7, 11) is -3.14. The van der Waals surface area contributed by atoms with Crippen molar-refractivity contribution >= 4 is 21.8 Å². The maximum Gasteiger partial charge on any atom is 0.213 e. The van der Waals surface area contributed by atoms with Crippen LogP contribution in [0.25, 0.3) is 0 Å². The van der Waals surface area contributed by atoms with E-state index in [2.05, 4.69) is 17.0 Å². The van der Waals surface area contributed by atoms with Gasteiger partial charge < -0.3 is 5.32 Å². The first kappa shape index (κ1) is 15.6. The zero-order chi connectivity index (χ0) is 13.7. The van der Waals surface area contributed by atoms with Crippen LogP contribution in [0.2, 0.25) is 0 Å². The summed E-state index contributed by atoms with van der Waals surface area (Å²) >= 11 is 1.89. The first-order chi connectivity index (χ1) is 9.11. The average molecular weight is 306 g/mol. The largest absolute Gasteiger partial charge is 0.313 e. The van der Waals surface area contributed by atoms with Crippen molar-refractivity contribution in [1.29, 1.82) is 0 Å². The zero-order valence-electron chi connectivity index (χ0n) is 11.7. The number of sulfonamides is 1. The maximum atomic E-state index is 12.2. The second-order valence-electron chi connectivity index (χ2n) is 5.58. The van der Waals surface area contributed by atoms with Crippen molar-refractivity contribution in [3.8, 4) is 0 Å². The summed E-state index contributed by atoms with van der Waals surface area (Å²) in [5.74, 6) is 1.31. The van der Waals surface area contributed by atoms with Gasteiger partial charge in [-0.3, -0.25) is 0 Å². The Morgan fingerprint density at radius 2 is 2.05 bits per heavy atom. The highest BCUT2D eigenvalue weighted by Gasteiger charge is 2.31. The van der Waals surface area contributed by atoms with E-state index in [1.807, 2.05) is 11.8 Å². The first-order valence-corrected chi connectivity index (χ1v) is 10.2. The van der Waals surface area contributed by atoms with E-state index in [1.165, 1.54) is 6.42 Å². The summed E-state index contributed by atoms with van der Waals surface area (Å²) in [6, 6.07) is 0.295. The molecule has 6 heteroatoms. The van der Waals surface area contributed by atoms with Crippen LogP contribution < -0.4 is 10.0 Å². The molecule has 1 aliphatic heterocycles. The fourth-order valence-electron chi connectivity index (χ4n) is 3.08. The van der Waals surface area contributed by atoms with Crippen molar-refractivity contribution in [2.24, 2.45) is 0 Å². The van der Waals surface area contributed by atoms with Crippen molar-refractivity contribution < 1.29 is 8.42 Å². The molecule has 1 heterocycles. The van der Waals surface area contributed by atoms with E-state index in [9.17, 15) is 8.42 Å². The van der Waals surface area contributed by atoms with Crippen LogP contribution in [0.1, 0.15) is 45.4 Å². The highest BCUT2D eigenvalue weighted by Crippen LogP contribution is 2.30. The molecule has 1 saturated heterocycles. The van der Waals surface area contributed by atoms with Crippen LogP contribution in [0.15, 0.2) is 0 Å². The van der Waals surface area contributed by atoms with Crippen molar-refractivity contribution in [3.63, 3.8) is 0 Å². The third kappa shape index (κ3) is 4.92. The van der Waals surface area contributed by atoms with Crippen LogP contribution in [0.5, 0.6) is 0 Å². The Labute approximate surface area is 121 Å². The van der Waals surface area contributed by atoms with Gasteiger partial charge in [-0.15, -0.1) is 0 Å². The third-order valence-electron chi connectivity index (χ3n) is 4.00. The number of hydrogen-bond acceptors (Lipinski definition) is 4. The van der Waals surface area contributed by atoms with Crippen LogP contribution in [0.3, 0.4) is 0 Å². The average Bonchev–Trinajstić information content (AvgIpc) is 2.77. The molecule has 19 heavy (non-hydrogen) atoms. The summed E-state index contributed by atoms with van der Waals surface area (Å²) in [6.45, 7) is 3.10. The summed E-state index contributed by atoms with van der Waals surface area (Å²) in [5.41, 5.74) is 0. The lowest BCUT2D eigenvalue weighted by Gasteiger charge is -2.25. The molecule has 4 nitrogen and oxygen atoms in total. The van der Waals surface area contributed by atoms with Gasteiger partial charge in [-0.1, -0.05) is 19.8 Å². The lowest BCUT2D eigenvalue weighted by Crippen LogP contribution is -2.46. The van der Waals surface area contributed by atoms with Gasteiger partial charge >= 0.3 is 0 Å². The number of thioether (sulfide) groups is 1. The number of nitrogens with one attached hydrogen (secondary N) is 2. The molecule has 112 valence electrons. The van der Waals surface area contributed by atoms with Crippen LogP contribution in [0.4, 0.5) is 0 Å². The van der Waals surface area contributed by atoms with Gasteiger partial charge in [0, 0.05) is 17.3 Å². The van der Waals surface area contributed by atoms with Gasteiger partial charge in [-0.05, 0) is 38.0 Å². The molecule has 0 radical (unpaired) electrons. The van der Waals surface area contributed by atoms with E-state index in [4.69, 9.17) is 0 Å². The van der Waals surface area contributed by atoms with Crippen LogP contribution in [-0.2, 0) is 10.0 Å². The fraction of sp³-hybridized carbons (Fsp3) is 1.00. The molecule has 0 amide bonds. The lowest BCUT2D eigenvalue weighted by molar-refractivity contribution is 0.421. The number of hydrogen-bond donors (Lipinski definition) is 2. The minimum atomic E-state index is -3.14. The molecule has 3 atom stereocenters. The molecular weight excluding hydrogens is 280 g/mol. The quantitative estimate of drug-likeness (QED) is 0.784. The minimum absolute atomic E-state index is 0.143. The van der Waals surface area contributed by atoms with Gasteiger partial charge in [-0.25, -0.2) is 13.1 Å². The van der Waals surface area contributed by atoms with E-state index >= 15 is 0 Å². The van der Waals surface area contributed by atoms with E-state index in [0.29, 0.717) is 5.25 Å². The highest BCUT2D eigenvalue weighted by atomic mass is 32.2. The summed E-state index contributed by atoms with van der Waals surface area (Å²) < 4.78 is 27.4. The molecule has 1 saturated carbocycles. The molecular formula is C13H26N2O2S2. The van der Waals surface area contributed by atoms with Gasteiger partial charge in [0.05, 0.1) is 5.75 Å². The molecule has 0 spiro atoms. The smallest absolute Gasteiger partial charge is 0.213 e. The summed E-state index contributed by atoms with van der Waals surface area (Å²) in [6.07, 6.45) is 6.58. The van der Waals surface area contributed by atoms with Crippen molar-refractivity contribution in [2.75, 3.05) is 18.1 Å². The Bertz CT molecular complexity index is 367. The summed E-state index contributed by atoms with van der Waals surface area (Å²) in [4.78, 5) is 0. The molecule has 3 unspecified atom stereocenters. The monoisotopic (exact) mass is 306 g/mol. The Hall–Kier alpha value is 0.220. The molecule has 2 aliphatic rings. The normalized spacial score (nSPS) is 32.6. The Balaban J connectivity index is 1.85. The zero-order valence-corrected chi connectivity index (χ0v) is 13.4. The molecule has 0 aromatic carbocycles. The Morgan fingerprint density at radius 3 is 2.74 bits per heavy atom. The highest BCUT2D eigenvalue weighted by molar-refractivity contribution is 8.00. The second-order valence-corrected chi connectivity index (χ2v) is 8.89. The summed E-state index contributed by atoms with van der Waals surface area (Å²) in [5, 5.41) is 3.78. The third-order valence-corrected chi connectivity index (χ3v) is 6.83. The molecule has 2 N–H and O–H groups in total. The molecule has 2 rings (SSSR count). The van der Waals surface area contributed by atoms with E-state index < -0.39 is 10.0 Å². The lowest BCUT2D eigenvalue weighted by atomic mass is 10.1. The predicted molar refractivity (Wildman–Crippen MR) is 82.1 cm³/mol. The van der Waals surface area contributed by atoms with Gasteiger partial charge in [0.25, 0.3) is 0 Å². The van der Waals surface area contributed by atoms with Crippen LogP contribution in [-0.4, -0.2) is 43.8 Å². The molecule has 1 aliphatic carbocycles. The molecule has 0 bridgehead atoms. The Kier molecular flexibility index (Phi) is 5.99. The van der Waals surface area contributed by atoms with Crippen molar-refractivity contribution in [3.05, 3.63) is 0 Å². The van der Waals surface area contributed by atoms with E-state index in [-0.39, 0.29) is 17.8 Å². The van der Waals surface area contributed by atoms with E-state index in [0.717, 1.165) is 44.4 Å². The number of piperidine rings is 1. The maximum absolute atomic E-state index is 12.2. The standard InChI is InChI=1S/C13H26N2O2S2/c1-2-18-13-8-5-7-12(13)15-19(16,17)10-11-6-3-4-9-14-11/h11-15H,2-10H2,1H3. The second kappa shape index (κ2) is 7.29. The van der Waals surface area contributed by atoms with Gasteiger partial charge in [0.2, 0.25) is 10.0 Å². The Morgan fingerprint density at radius 1 is 1.21 bits per heavy atom. The molecule has 0 aromatic heterocycles. The van der Waals surface area contributed by atoms with Gasteiger partial charge in [-0.2, -0.15) is 11.8 Å². The minimum Gasteiger partial charge on any atom is -0.313 e. The number of rotatable bonds is 6. The predicted octanol–water partition coefficient (Wildman–Crippen LogP) is 1.72. The van der Waals surface area contributed by atoms with Gasteiger partial charge in [0.1, 0.15) is 0 Å². The van der Waals surface area contributed by atoms with Crippen LogP contribution >= 0.6 is 11.8 Å². The van der Waals surface area contributed by atoms with Gasteiger partial charge in [0.15, 0.2) is 0 Å². The first-order valence-electron chi connectivity index (χ1n) is 7.45. The SMILES string of the molecule is CCSC1CCCC1NS(=O)(=O)CC1CCCCN1.